The number of carbonyl (C=O) groups excluding carboxylic acids is 1. The Morgan fingerprint density at radius 2 is 1.76 bits per heavy atom. The molecule has 2 rings (SSSR count). The molecule has 0 radical (unpaired) electrons. The molecule has 110 valence electrons. The van der Waals surface area contributed by atoms with Gasteiger partial charge in [0.05, 0.1) is 0 Å². The summed E-state index contributed by atoms with van der Waals surface area (Å²) in [4.78, 5) is 12.3. The summed E-state index contributed by atoms with van der Waals surface area (Å²) in [7, 11) is 0. The topological polar surface area (TPSA) is 29.1 Å². The van der Waals surface area contributed by atoms with Crippen molar-refractivity contribution in [3.05, 3.63) is 65.5 Å². The lowest BCUT2D eigenvalue weighted by molar-refractivity contribution is 0.0950. The van der Waals surface area contributed by atoms with E-state index in [0.29, 0.717) is 27.8 Å². The predicted octanol–water partition coefficient (Wildman–Crippen LogP) is 4.07. The van der Waals surface area contributed by atoms with Crippen molar-refractivity contribution in [3.8, 4) is 0 Å². The van der Waals surface area contributed by atoms with E-state index in [2.05, 4.69) is 5.32 Å². The molecule has 6 heteroatoms. The van der Waals surface area contributed by atoms with E-state index in [1.54, 1.807) is 18.2 Å². The maximum atomic E-state index is 13.4. The van der Waals surface area contributed by atoms with Crippen molar-refractivity contribution in [2.24, 2.45) is 0 Å². The highest BCUT2D eigenvalue weighted by Gasteiger charge is 2.09. The summed E-state index contributed by atoms with van der Waals surface area (Å²) in [6, 6.07) is 12.0. The molecule has 0 aromatic heterocycles. The number of hydrogen-bond acceptors (Lipinski definition) is 2. The Kier molecular flexibility index (Phi) is 5.27. The third-order valence-corrected chi connectivity index (χ3v) is 3.46. The van der Waals surface area contributed by atoms with Crippen molar-refractivity contribution in [2.45, 2.75) is 17.2 Å². The van der Waals surface area contributed by atoms with E-state index in [1.807, 2.05) is 0 Å². The second-order valence-electron chi connectivity index (χ2n) is 4.18. The Labute approximate surface area is 124 Å². The summed E-state index contributed by atoms with van der Waals surface area (Å²) in [5.41, 5.74) is 0.723. The second-order valence-corrected chi connectivity index (χ2v) is 5.24. The van der Waals surface area contributed by atoms with Crippen molar-refractivity contribution >= 4 is 17.7 Å². The second kappa shape index (κ2) is 7.17. The first-order chi connectivity index (χ1) is 10.1. The lowest BCUT2D eigenvalue weighted by atomic mass is 10.2. The van der Waals surface area contributed by atoms with Crippen LogP contribution in [0.2, 0.25) is 0 Å². The molecule has 1 amide bonds. The van der Waals surface area contributed by atoms with Crippen LogP contribution in [0.4, 0.5) is 13.2 Å². The van der Waals surface area contributed by atoms with E-state index in [-0.39, 0.29) is 18.3 Å². The summed E-state index contributed by atoms with van der Waals surface area (Å²) in [5.74, 6) is -3.26. The van der Waals surface area contributed by atoms with Crippen LogP contribution in [0.15, 0.2) is 53.4 Å². The first-order valence-electron chi connectivity index (χ1n) is 6.13. The zero-order chi connectivity index (χ0) is 15.2. The highest BCUT2D eigenvalue weighted by atomic mass is 32.2. The SMILES string of the molecule is O=C(NCc1ccccc1F)c1ccc(SC(F)F)cc1. The molecule has 1 N–H and O–H groups in total. The fraction of sp³-hybridized carbons (Fsp3) is 0.133. The van der Waals surface area contributed by atoms with Crippen molar-refractivity contribution < 1.29 is 18.0 Å². The van der Waals surface area contributed by atoms with E-state index in [0.717, 1.165) is 0 Å². The Bertz CT molecular complexity index is 617. The van der Waals surface area contributed by atoms with Crippen LogP contribution in [0.25, 0.3) is 0 Å². The van der Waals surface area contributed by atoms with Crippen molar-refractivity contribution in [3.63, 3.8) is 0 Å². The minimum absolute atomic E-state index is 0.0685. The van der Waals surface area contributed by atoms with Crippen molar-refractivity contribution in [1.29, 1.82) is 0 Å². The predicted molar refractivity (Wildman–Crippen MR) is 75.9 cm³/mol. The van der Waals surface area contributed by atoms with E-state index >= 15 is 0 Å². The smallest absolute Gasteiger partial charge is 0.288 e. The van der Waals surface area contributed by atoms with Crippen LogP contribution < -0.4 is 5.32 Å². The number of nitrogens with one attached hydrogen (secondary N) is 1. The number of thioether (sulfide) groups is 1. The van der Waals surface area contributed by atoms with E-state index < -0.39 is 5.76 Å². The number of alkyl halides is 2. The minimum Gasteiger partial charge on any atom is -0.348 e. The summed E-state index contributed by atoms with van der Waals surface area (Å²) < 4.78 is 37.7. The van der Waals surface area contributed by atoms with Crippen LogP contribution in [0.3, 0.4) is 0 Å². The molecule has 0 saturated heterocycles. The standard InChI is InChI=1S/C15H12F3NOS/c16-13-4-2-1-3-11(13)9-19-14(20)10-5-7-12(8-6-10)21-15(17)18/h1-8,15H,9H2,(H,19,20). The fourth-order valence-corrected chi connectivity index (χ4v) is 2.21. The third kappa shape index (κ3) is 4.53. The molecular formula is C15H12F3NOS. The molecule has 0 aliphatic heterocycles. The van der Waals surface area contributed by atoms with Crippen LogP contribution in [0.5, 0.6) is 0 Å². The summed E-state index contributed by atoms with van der Waals surface area (Å²) in [6.07, 6.45) is 0. The van der Waals surface area contributed by atoms with Gasteiger partial charge in [-0.2, -0.15) is 8.78 Å². The molecule has 2 aromatic carbocycles. The Balaban J connectivity index is 1.96. The van der Waals surface area contributed by atoms with Gasteiger partial charge in [0.2, 0.25) is 0 Å². The molecule has 0 heterocycles. The highest BCUT2D eigenvalue weighted by molar-refractivity contribution is 7.99. The van der Waals surface area contributed by atoms with E-state index in [9.17, 15) is 18.0 Å². The van der Waals surface area contributed by atoms with Gasteiger partial charge in [-0.15, -0.1) is 0 Å². The molecular weight excluding hydrogens is 299 g/mol. The molecule has 0 bridgehead atoms. The van der Waals surface area contributed by atoms with Crippen molar-refractivity contribution in [2.75, 3.05) is 0 Å². The zero-order valence-electron chi connectivity index (χ0n) is 10.9. The van der Waals surface area contributed by atoms with Gasteiger partial charge in [0, 0.05) is 22.6 Å². The average Bonchev–Trinajstić information content (AvgIpc) is 2.46. The lowest BCUT2D eigenvalue weighted by Gasteiger charge is -2.07. The van der Waals surface area contributed by atoms with Crippen LogP contribution in [0, 0.1) is 5.82 Å². The maximum absolute atomic E-state index is 13.4. The highest BCUT2D eigenvalue weighted by Crippen LogP contribution is 2.25. The monoisotopic (exact) mass is 311 g/mol. The van der Waals surface area contributed by atoms with Gasteiger partial charge >= 0.3 is 0 Å². The third-order valence-electron chi connectivity index (χ3n) is 2.74. The Hall–Kier alpha value is -1.95. The van der Waals surface area contributed by atoms with Crippen LogP contribution in [-0.4, -0.2) is 11.7 Å². The molecule has 0 fully saturated rings. The largest absolute Gasteiger partial charge is 0.348 e. The van der Waals surface area contributed by atoms with E-state index in [1.165, 1.54) is 30.3 Å². The Morgan fingerprint density at radius 1 is 1.10 bits per heavy atom. The zero-order valence-corrected chi connectivity index (χ0v) is 11.7. The number of amides is 1. The minimum atomic E-state index is -2.49. The molecule has 21 heavy (non-hydrogen) atoms. The number of benzene rings is 2. The quantitative estimate of drug-likeness (QED) is 0.843. The molecule has 0 unspecified atom stereocenters. The lowest BCUT2D eigenvalue weighted by Crippen LogP contribution is -2.23. The first kappa shape index (κ1) is 15.4. The van der Waals surface area contributed by atoms with Crippen LogP contribution >= 0.6 is 11.8 Å². The number of hydrogen-bond donors (Lipinski definition) is 1. The fourth-order valence-electron chi connectivity index (χ4n) is 1.71. The van der Waals surface area contributed by atoms with E-state index in [4.69, 9.17) is 0 Å². The Morgan fingerprint density at radius 3 is 2.38 bits per heavy atom. The van der Waals surface area contributed by atoms with Gasteiger partial charge < -0.3 is 5.32 Å². The molecule has 2 nitrogen and oxygen atoms in total. The first-order valence-corrected chi connectivity index (χ1v) is 7.00. The van der Waals surface area contributed by atoms with Gasteiger partial charge in [0.1, 0.15) is 5.82 Å². The molecule has 0 atom stereocenters. The average molecular weight is 311 g/mol. The summed E-state index contributed by atoms with van der Waals surface area (Å²) >= 11 is 0.416. The number of carbonyl (C=O) groups is 1. The normalized spacial score (nSPS) is 10.7. The number of halogens is 3. The molecule has 0 saturated carbocycles. The van der Waals surface area contributed by atoms with Crippen LogP contribution in [-0.2, 0) is 6.54 Å². The molecule has 0 aliphatic carbocycles. The van der Waals surface area contributed by atoms with Gasteiger partial charge in [-0.05, 0) is 30.3 Å². The van der Waals surface area contributed by atoms with Crippen molar-refractivity contribution in [1.82, 2.24) is 5.32 Å². The van der Waals surface area contributed by atoms with Gasteiger partial charge in [-0.1, -0.05) is 30.0 Å². The van der Waals surface area contributed by atoms with Crippen LogP contribution in [0.1, 0.15) is 15.9 Å². The maximum Gasteiger partial charge on any atom is 0.288 e. The van der Waals surface area contributed by atoms with Gasteiger partial charge in [0.15, 0.2) is 0 Å². The van der Waals surface area contributed by atoms with Gasteiger partial charge in [-0.25, -0.2) is 4.39 Å². The molecule has 0 spiro atoms. The molecule has 2 aromatic rings. The number of rotatable bonds is 5. The summed E-state index contributed by atoms with van der Waals surface area (Å²) in [6.45, 7) is 0.0685. The van der Waals surface area contributed by atoms with Gasteiger partial charge in [0.25, 0.3) is 11.7 Å². The van der Waals surface area contributed by atoms with Gasteiger partial charge in [-0.3, -0.25) is 4.79 Å². The molecule has 0 aliphatic rings. The summed E-state index contributed by atoms with van der Waals surface area (Å²) in [5, 5.41) is 2.58.